The molecule has 1 saturated heterocycles. The molecule has 27 heavy (non-hydrogen) atoms. The molecule has 0 saturated carbocycles. The predicted molar refractivity (Wildman–Crippen MR) is 102 cm³/mol. The van der Waals surface area contributed by atoms with Gasteiger partial charge in [0, 0.05) is 18.8 Å². The summed E-state index contributed by atoms with van der Waals surface area (Å²) in [5.41, 5.74) is 0. The maximum absolute atomic E-state index is 11.7. The summed E-state index contributed by atoms with van der Waals surface area (Å²) >= 11 is 6.85. The summed E-state index contributed by atoms with van der Waals surface area (Å²) < 4.78 is 22.7. The second-order valence-electron chi connectivity index (χ2n) is 5.83. The molecule has 0 amide bonds. The van der Waals surface area contributed by atoms with Crippen LogP contribution < -0.4 is 9.47 Å². The first-order valence-corrected chi connectivity index (χ1v) is 9.80. The van der Waals surface area contributed by atoms with Gasteiger partial charge in [-0.05, 0) is 36.5 Å². The van der Waals surface area contributed by atoms with Crippen molar-refractivity contribution in [2.24, 2.45) is 0 Å². The predicted octanol–water partition coefficient (Wildman–Crippen LogP) is 2.34. The highest BCUT2D eigenvalue weighted by molar-refractivity contribution is 8.00. The minimum atomic E-state index is -0.206. The van der Waals surface area contributed by atoms with Gasteiger partial charge in [0.2, 0.25) is 0 Å². The zero-order chi connectivity index (χ0) is 19.2. The quantitative estimate of drug-likeness (QED) is 0.504. The Labute approximate surface area is 166 Å². The molecule has 0 spiro atoms. The molecule has 1 aromatic heterocycles. The molecule has 8 nitrogen and oxygen atoms in total. The summed E-state index contributed by atoms with van der Waals surface area (Å²) in [7, 11) is 3.02. The van der Waals surface area contributed by atoms with Gasteiger partial charge >= 0.3 is 5.97 Å². The number of hydrogen-bond donors (Lipinski definition) is 0. The molecule has 1 fully saturated rings. The number of aromatic nitrogens is 2. The number of benzene rings is 1. The maximum Gasteiger partial charge on any atom is 0.320 e. The number of ether oxygens (including phenoxy) is 3. The molecule has 0 bridgehead atoms. The Hall–Kier alpha value is -2.04. The van der Waals surface area contributed by atoms with Crippen LogP contribution in [0, 0.1) is 4.84 Å². The molecule has 0 N–H and O–H groups in total. The Bertz CT molecular complexity index is 821. The van der Waals surface area contributed by atoms with Gasteiger partial charge in [0.25, 0.3) is 10.7 Å². The second kappa shape index (κ2) is 9.25. The van der Waals surface area contributed by atoms with Gasteiger partial charge < -0.3 is 18.6 Å². The van der Waals surface area contributed by atoms with Crippen molar-refractivity contribution in [1.82, 2.24) is 14.7 Å². The molecule has 146 valence electrons. The van der Waals surface area contributed by atoms with Gasteiger partial charge in [0.15, 0.2) is 6.61 Å². The number of nitrogens with zero attached hydrogens (tertiary/aromatic N) is 3. The normalized spacial score (nSPS) is 17.5. The van der Waals surface area contributed by atoms with E-state index in [1.807, 2.05) is 24.3 Å². The van der Waals surface area contributed by atoms with E-state index in [1.165, 1.54) is 7.11 Å². The highest BCUT2D eigenvalue weighted by Gasteiger charge is 2.27. The number of carbonyl (C=O) groups excluding carboxylic acids is 1. The fourth-order valence-corrected chi connectivity index (χ4v) is 4.00. The third-order valence-corrected chi connectivity index (χ3v) is 5.47. The summed E-state index contributed by atoms with van der Waals surface area (Å²) in [6.07, 6.45) is 0. The topological polar surface area (TPSA) is 79.0 Å². The van der Waals surface area contributed by atoms with Crippen LogP contribution in [0.1, 0.15) is 5.89 Å². The smallest absolute Gasteiger partial charge is 0.320 e. The second-order valence-corrected chi connectivity index (χ2v) is 7.49. The molecule has 0 radical (unpaired) electrons. The number of methoxy groups -OCH3 is 2. The largest absolute Gasteiger partial charge is 0.497 e. The third kappa shape index (κ3) is 5.24. The van der Waals surface area contributed by atoms with Crippen molar-refractivity contribution in [1.29, 1.82) is 0 Å². The summed E-state index contributed by atoms with van der Waals surface area (Å²) in [6, 6.07) is 7.25. The molecule has 0 unspecified atom stereocenters. The Balaban J connectivity index is 1.57. The van der Waals surface area contributed by atoms with Crippen molar-refractivity contribution < 1.29 is 23.4 Å². The lowest BCUT2D eigenvalue weighted by molar-refractivity contribution is -0.140. The van der Waals surface area contributed by atoms with E-state index in [-0.39, 0.29) is 22.7 Å². The number of esters is 1. The lowest BCUT2D eigenvalue weighted by atomic mass is 10.3. The fraction of sp³-hybridized carbons (Fsp3) is 0.471. The molecule has 1 atom stereocenters. The van der Waals surface area contributed by atoms with Crippen LogP contribution in [0.5, 0.6) is 11.5 Å². The van der Waals surface area contributed by atoms with Crippen molar-refractivity contribution in [3.8, 4) is 11.5 Å². The molecule has 10 heteroatoms. The zero-order valence-corrected chi connectivity index (χ0v) is 16.8. The van der Waals surface area contributed by atoms with Crippen LogP contribution in [0.4, 0.5) is 0 Å². The number of rotatable bonds is 7. The van der Waals surface area contributed by atoms with Gasteiger partial charge in [-0.15, -0.1) is 16.9 Å². The molecule has 1 aliphatic rings. The van der Waals surface area contributed by atoms with Gasteiger partial charge in [-0.25, -0.2) is 4.68 Å². The average Bonchev–Trinajstić information content (AvgIpc) is 3.05. The standard InChI is InChI=1S/C17H21N3O5S2/c1-22-12-3-5-13(6-4-12)24-10-15-18-20(17(26)25-15)11-19-7-8-27-14(9-19)16(21)23-2/h3-6,14H,7-11H2,1-2H3/t14-/m1/s1. The van der Waals surface area contributed by atoms with Gasteiger partial charge in [-0.3, -0.25) is 9.69 Å². The maximum atomic E-state index is 11.7. The highest BCUT2D eigenvalue weighted by atomic mass is 32.2. The van der Waals surface area contributed by atoms with E-state index in [1.54, 1.807) is 23.6 Å². The van der Waals surface area contributed by atoms with E-state index >= 15 is 0 Å². The van der Waals surface area contributed by atoms with Crippen LogP contribution in [0.2, 0.25) is 0 Å². The van der Waals surface area contributed by atoms with Gasteiger partial charge in [0.1, 0.15) is 16.7 Å². The number of hydrogen-bond acceptors (Lipinski definition) is 9. The first-order valence-electron chi connectivity index (χ1n) is 8.34. The monoisotopic (exact) mass is 411 g/mol. The summed E-state index contributed by atoms with van der Waals surface area (Å²) in [6.45, 7) is 2.05. The molecule has 1 aliphatic heterocycles. The van der Waals surface area contributed by atoms with Gasteiger partial charge in [0.05, 0.1) is 20.9 Å². The first kappa shape index (κ1) is 19.7. The number of carbonyl (C=O) groups is 1. The summed E-state index contributed by atoms with van der Waals surface area (Å²) in [4.78, 5) is 14.1. The molecule has 2 heterocycles. The minimum Gasteiger partial charge on any atom is -0.497 e. The van der Waals surface area contributed by atoms with Crippen LogP contribution in [0.3, 0.4) is 0 Å². The van der Waals surface area contributed by atoms with Crippen molar-refractivity contribution in [2.75, 3.05) is 33.1 Å². The molecule has 3 rings (SSSR count). The van der Waals surface area contributed by atoms with Crippen LogP contribution in [-0.2, 0) is 22.8 Å². The van der Waals surface area contributed by atoms with E-state index in [2.05, 4.69) is 10.00 Å². The summed E-state index contributed by atoms with van der Waals surface area (Å²) in [5.74, 6) is 2.47. The van der Waals surface area contributed by atoms with Crippen LogP contribution in [-0.4, -0.2) is 59.0 Å². The SMILES string of the molecule is COC(=O)[C@H]1CN(Cn2nc(COc3ccc(OC)cc3)oc2=S)CCS1. The van der Waals surface area contributed by atoms with E-state index < -0.39 is 0 Å². The van der Waals surface area contributed by atoms with Crippen LogP contribution in [0.15, 0.2) is 28.7 Å². The van der Waals surface area contributed by atoms with Crippen LogP contribution >= 0.6 is 24.0 Å². The van der Waals surface area contributed by atoms with E-state index in [4.69, 9.17) is 30.8 Å². The first-order chi connectivity index (χ1) is 13.1. The minimum absolute atomic E-state index is 0.170. The molecular formula is C17H21N3O5S2. The van der Waals surface area contributed by atoms with Crippen molar-refractivity contribution in [3.05, 3.63) is 35.0 Å². The number of thioether (sulfide) groups is 1. The Morgan fingerprint density at radius 2 is 2.07 bits per heavy atom. The van der Waals surface area contributed by atoms with E-state index in [9.17, 15) is 4.79 Å². The fourth-order valence-electron chi connectivity index (χ4n) is 2.61. The van der Waals surface area contributed by atoms with Gasteiger partial charge in [-0.1, -0.05) is 0 Å². The lowest BCUT2D eigenvalue weighted by Gasteiger charge is -2.30. The lowest BCUT2D eigenvalue weighted by Crippen LogP contribution is -2.42. The molecule has 1 aromatic carbocycles. The Morgan fingerprint density at radius 3 is 2.78 bits per heavy atom. The molecule has 0 aliphatic carbocycles. The molecular weight excluding hydrogens is 390 g/mol. The van der Waals surface area contributed by atoms with E-state index in [0.29, 0.717) is 24.9 Å². The Kier molecular flexibility index (Phi) is 6.75. The average molecular weight is 412 g/mol. The third-order valence-electron chi connectivity index (χ3n) is 4.02. The van der Waals surface area contributed by atoms with Gasteiger partial charge in [-0.2, -0.15) is 0 Å². The molecule has 2 aromatic rings. The van der Waals surface area contributed by atoms with Crippen molar-refractivity contribution in [3.63, 3.8) is 0 Å². The highest BCUT2D eigenvalue weighted by Crippen LogP contribution is 2.21. The van der Waals surface area contributed by atoms with Crippen molar-refractivity contribution >= 4 is 29.9 Å². The zero-order valence-electron chi connectivity index (χ0n) is 15.1. The van der Waals surface area contributed by atoms with E-state index in [0.717, 1.165) is 18.0 Å². The van der Waals surface area contributed by atoms with Crippen LogP contribution in [0.25, 0.3) is 0 Å². The van der Waals surface area contributed by atoms with Crippen molar-refractivity contribution in [2.45, 2.75) is 18.5 Å². The Morgan fingerprint density at radius 1 is 1.33 bits per heavy atom. The summed E-state index contributed by atoms with van der Waals surface area (Å²) in [5, 5.41) is 4.18.